The van der Waals surface area contributed by atoms with Gasteiger partial charge in [0.25, 0.3) is 0 Å². The topological polar surface area (TPSA) is 68.7 Å². The van der Waals surface area contributed by atoms with Crippen LogP contribution in [0, 0.1) is 0 Å². The quantitative estimate of drug-likeness (QED) is 0.425. The van der Waals surface area contributed by atoms with Crippen LogP contribution in [0.5, 0.6) is 11.5 Å². The first-order valence-electron chi connectivity index (χ1n) is 10.3. The van der Waals surface area contributed by atoms with Crippen molar-refractivity contribution in [1.29, 1.82) is 0 Å². The molecule has 9 heteroatoms. The number of hydrogen-bond acceptors (Lipinski definition) is 7. The zero-order valence-electron chi connectivity index (χ0n) is 18.0. The van der Waals surface area contributed by atoms with Crippen LogP contribution < -0.4 is 14.4 Å². The minimum absolute atomic E-state index is 0.358. The predicted molar refractivity (Wildman–Crippen MR) is 131 cm³/mol. The van der Waals surface area contributed by atoms with Crippen LogP contribution in [0.3, 0.4) is 0 Å². The Kier molecular flexibility index (Phi) is 7.07. The number of hydrogen-bond donors (Lipinski definition) is 0. The average Bonchev–Trinajstić information content (AvgIpc) is 3.28. The number of thiazole rings is 1. The molecule has 6 nitrogen and oxygen atoms in total. The molecule has 1 aliphatic rings. The molecule has 2 heterocycles. The van der Waals surface area contributed by atoms with Crippen molar-refractivity contribution in [1.82, 2.24) is 4.98 Å². The van der Waals surface area contributed by atoms with E-state index in [1.165, 1.54) is 0 Å². The van der Waals surface area contributed by atoms with Gasteiger partial charge in [-0.1, -0.05) is 22.0 Å². The van der Waals surface area contributed by atoms with Crippen molar-refractivity contribution in [2.24, 2.45) is 0 Å². The highest BCUT2D eigenvalue weighted by Crippen LogP contribution is 2.31. The van der Waals surface area contributed by atoms with Crippen molar-refractivity contribution < 1.29 is 17.9 Å². The second-order valence-corrected chi connectivity index (χ2v) is 11.6. The second kappa shape index (κ2) is 9.80. The summed E-state index contributed by atoms with van der Waals surface area (Å²) in [6.07, 6.45) is 1.86. The molecule has 0 unspecified atom stereocenters. The van der Waals surface area contributed by atoms with Gasteiger partial charge in [-0.2, -0.15) is 0 Å². The van der Waals surface area contributed by atoms with Crippen molar-refractivity contribution in [2.75, 3.05) is 32.2 Å². The van der Waals surface area contributed by atoms with E-state index >= 15 is 0 Å². The first kappa shape index (κ1) is 23.1. The van der Waals surface area contributed by atoms with Gasteiger partial charge in [-0.05, 0) is 43.2 Å². The number of benzene rings is 2. The van der Waals surface area contributed by atoms with E-state index in [0.717, 1.165) is 32.4 Å². The Morgan fingerprint density at radius 1 is 1.09 bits per heavy atom. The summed E-state index contributed by atoms with van der Waals surface area (Å²) in [5.41, 5.74) is 2.02. The summed E-state index contributed by atoms with van der Waals surface area (Å²) in [5.74, 6) is 1.53. The van der Waals surface area contributed by atoms with Crippen LogP contribution in [-0.2, 0) is 16.3 Å². The lowest BCUT2D eigenvalue weighted by Crippen LogP contribution is -2.39. The van der Waals surface area contributed by atoms with Gasteiger partial charge in [-0.15, -0.1) is 11.3 Å². The fourth-order valence-electron chi connectivity index (χ4n) is 3.89. The first-order valence-corrected chi connectivity index (χ1v) is 13.5. The third-order valence-electron chi connectivity index (χ3n) is 5.70. The normalized spacial score (nSPS) is 15.0. The molecule has 0 N–H and O–H groups in total. The Hall–Kier alpha value is -2.10. The van der Waals surface area contributed by atoms with Gasteiger partial charge < -0.3 is 14.4 Å². The van der Waals surface area contributed by atoms with Gasteiger partial charge in [0.05, 0.1) is 30.1 Å². The van der Waals surface area contributed by atoms with Gasteiger partial charge in [0.2, 0.25) is 0 Å². The highest BCUT2D eigenvalue weighted by Gasteiger charge is 2.32. The molecule has 32 heavy (non-hydrogen) atoms. The monoisotopic (exact) mass is 536 g/mol. The average molecular weight is 538 g/mol. The summed E-state index contributed by atoms with van der Waals surface area (Å²) in [5, 5.41) is 2.64. The lowest BCUT2D eigenvalue weighted by molar-refractivity contribution is 0.391. The molecule has 0 amide bonds. The first-order chi connectivity index (χ1) is 15.4. The Labute approximate surface area is 201 Å². The van der Waals surface area contributed by atoms with Gasteiger partial charge in [0.15, 0.2) is 15.0 Å². The molecule has 0 aliphatic carbocycles. The molecule has 0 saturated carbocycles. The van der Waals surface area contributed by atoms with Gasteiger partial charge >= 0.3 is 0 Å². The Morgan fingerprint density at radius 2 is 1.81 bits per heavy atom. The Balaban J connectivity index is 1.41. The van der Waals surface area contributed by atoms with E-state index in [-0.39, 0.29) is 5.25 Å². The molecule has 3 aromatic rings. The van der Waals surface area contributed by atoms with E-state index < -0.39 is 9.84 Å². The second-order valence-electron chi connectivity index (χ2n) is 7.66. The molecule has 4 rings (SSSR count). The summed E-state index contributed by atoms with van der Waals surface area (Å²) >= 11 is 4.96. The summed E-state index contributed by atoms with van der Waals surface area (Å²) in [6.45, 7) is 1.36. The molecule has 1 saturated heterocycles. The third kappa shape index (κ3) is 4.94. The number of methoxy groups -OCH3 is 2. The number of aromatic nitrogens is 1. The largest absolute Gasteiger partial charge is 0.497 e. The molecule has 1 fully saturated rings. The van der Waals surface area contributed by atoms with Crippen molar-refractivity contribution in [3.63, 3.8) is 0 Å². The van der Waals surface area contributed by atoms with Crippen molar-refractivity contribution >= 4 is 42.2 Å². The molecule has 0 atom stereocenters. The number of anilines is 1. The van der Waals surface area contributed by atoms with Gasteiger partial charge in [0.1, 0.15) is 11.5 Å². The molecule has 170 valence electrons. The predicted octanol–water partition coefficient (Wildman–Crippen LogP) is 4.96. The van der Waals surface area contributed by atoms with E-state index in [4.69, 9.17) is 14.5 Å². The van der Waals surface area contributed by atoms with Crippen LogP contribution in [0.1, 0.15) is 24.1 Å². The minimum Gasteiger partial charge on any atom is -0.497 e. The van der Waals surface area contributed by atoms with Crippen LogP contribution in [0.15, 0.2) is 57.2 Å². The molecule has 0 spiro atoms. The van der Waals surface area contributed by atoms with E-state index in [2.05, 4.69) is 26.2 Å². The lowest BCUT2D eigenvalue weighted by Gasteiger charge is -2.31. The fourth-order valence-corrected chi connectivity index (χ4v) is 6.77. The summed E-state index contributed by atoms with van der Waals surface area (Å²) in [7, 11) is -0.0386. The maximum absolute atomic E-state index is 13.0. The van der Waals surface area contributed by atoms with Crippen LogP contribution >= 0.6 is 27.3 Å². The molecular formula is C23H25BrN2O4S2. The highest BCUT2D eigenvalue weighted by atomic mass is 79.9. The van der Waals surface area contributed by atoms with Gasteiger partial charge in [-0.3, -0.25) is 0 Å². The standard InChI is InChI=1S/C23H25BrN2O4S2/c1-29-19-6-3-16(22(14-19)30-2)13-18-15-31-23(25-18)26-11-9-21(10-12-26)32(27,28)20-7-4-17(24)5-8-20/h3-8,14-15,21H,9-13H2,1-2H3. The highest BCUT2D eigenvalue weighted by molar-refractivity contribution is 9.10. The number of ether oxygens (including phenoxy) is 2. The Morgan fingerprint density at radius 3 is 2.47 bits per heavy atom. The minimum atomic E-state index is -3.32. The van der Waals surface area contributed by atoms with Crippen molar-refractivity contribution in [3.05, 3.63) is 63.6 Å². The summed E-state index contributed by atoms with van der Waals surface area (Å²) in [4.78, 5) is 7.39. The summed E-state index contributed by atoms with van der Waals surface area (Å²) < 4.78 is 37.6. The lowest BCUT2D eigenvalue weighted by atomic mass is 10.1. The molecule has 0 radical (unpaired) electrons. The maximum Gasteiger partial charge on any atom is 0.185 e. The van der Waals surface area contributed by atoms with Crippen molar-refractivity contribution in [2.45, 2.75) is 29.4 Å². The number of piperidine rings is 1. The van der Waals surface area contributed by atoms with E-state index in [1.807, 2.05) is 18.2 Å². The van der Waals surface area contributed by atoms with Crippen LogP contribution in [0.2, 0.25) is 0 Å². The maximum atomic E-state index is 13.0. The molecule has 1 aromatic heterocycles. The zero-order valence-corrected chi connectivity index (χ0v) is 21.2. The molecular weight excluding hydrogens is 512 g/mol. The number of nitrogens with zero attached hydrogens (tertiary/aromatic N) is 2. The summed E-state index contributed by atoms with van der Waals surface area (Å²) in [6, 6.07) is 12.7. The van der Waals surface area contributed by atoms with Crippen LogP contribution in [-0.4, -0.2) is 46.0 Å². The SMILES string of the molecule is COc1ccc(Cc2csc(N3CCC(S(=O)(=O)c4ccc(Br)cc4)CC3)n2)c(OC)c1. The van der Waals surface area contributed by atoms with E-state index in [9.17, 15) is 8.42 Å². The van der Waals surface area contributed by atoms with Crippen LogP contribution in [0.25, 0.3) is 0 Å². The smallest absolute Gasteiger partial charge is 0.185 e. The number of halogens is 1. The molecule has 0 bridgehead atoms. The molecule has 1 aliphatic heterocycles. The Bertz CT molecular complexity index is 1170. The number of sulfone groups is 1. The zero-order chi connectivity index (χ0) is 22.7. The third-order valence-corrected chi connectivity index (χ3v) is 9.46. The van der Waals surface area contributed by atoms with Crippen molar-refractivity contribution in [3.8, 4) is 11.5 Å². The van der Waals surface area contributed by atoms with E-state index in [0.29, 0.717) is 37.2 Å². The van der Waals surface area contributed by atoms with Crippen LogP contribution in [0.4, 0.5) is 5.13 Å². The number of rotatable bonds is 7. The molecule has 2 aromatic carbocycles. The van der Waals surface area contributed by atoms with Gasteiger partial charge in [-0.25, -0.2) is 13.4 Å². The fraction of sp³-hybridized carbons (Fsp3) is 0.348. The van der Waals surface area contributed by atoms with E-state index in [1.54, 1.807) is 49.8 Å². The van der Waals surface area contributed by atoms with Gasteiger partial charge in [0, 0.05) is 41.0 Å².